The molecule has 0 saturated heterocycles. The topological polar surface area (TPSA) is 59.6 Å². The molecule has 3 N–H and O–H groups in total. The van der Waals surface area contributed by atoms with Gasteiger partial charge in [0, 0.05) is 6.21 Å². The van der Waals surface area contributed by atoms with Crippen LogP contribution in [0.4, 0.5) is 0 Å². The lowest BCUT2D eigenvalue weighted by Gasteiger charge is -2.01. The number of nitrogens with zero attached hydrogens (tertiary/aromatic N) is 1. The molecule has 0 spiro atoms. The van der Waals surface area contributed by atoms with Gasteiger partial charge in [0.1, 0.15) is 5.75 Å². The Kier molecular flexibility index (Phi) is 5.74. The van der Waals surface area contributed by atoms with E-state index < -0.39 is 0 Å². The van der Waals surface area contributed by atoms with Crippen LogP contribution in [0.25, 0.3) is 6.08 Å². The van der Waals surface area contributed by atoms with Gasteiger partial charge in [0.15, 0.2) is 5.11 Å². The van der Waals surface area contributed by atoms with Gasteiger partial charge in [0.2, 0.25) is 0 Å². The van der Waals surface area contributed by atoms with Crippen LogP contribution in [-0.4, -0.2) is 17.9 Å². The molecular formula is C12H15N3OS. The van der Waals surface area contributed by atoms with E-state index in [1.165, 1.54) is 0 Å². The lowest BCUT2D eigenvalue weighted by atomic mass is 10.2. The van der Waals surface area contributed by atoms with E-state index in [1.54, 1.807) is 12.3 Å². The Hall–Kier alpha value is -1.88. The molecule has 0 radical (unpaired) electrons. The zero-order valence-electron chi connectivity index (χ0n) is 9.59. The first-order valence-electron chi connectivity index (χ1n) is 5.20. The first-order chi connectivity index (χ1) is 8.22. The molecule has 1 aromatic rings. The van der Waals surface area contributed by atoms with Crippen LogP contribution in [0, 0.1) is 0 Å². The minimum absolute atomic E-state index is 0.149. The summed E-state index contributed by atoms with van der Waals surface area (Å²) in [5.74, 6) is 0.869. The first-order valence-corrected chi connectivity index (χ1v) is 5.61. The van der Waals surface area contributed by atoms with Crippen molar-refractivity contribution in [1.29, 1.82) is 0 Å². The van der Waals surface area contributed by atoms with Crippen molar-refractivity contribution in [3.8, 4) is 5.75 Å². The predicted molar refractivity (Wildman–Crippen MR) is 75.1 cm³/mol. The van der Waals surface area contributed by atoms with E-state index in [4.69, 9.17) is 10.5 Å². The number of hydrogen-bond acceptors (Lipinski definition) is 3. The molecule has 17 heavy (non-hydrogen) atoms. The summed E-state index contributed by atoms with van der Waals surface area (Å²) >= 11 is 4.59. The van der Waals surface area contributed by atoms with Gasteiger partial charge in [-0.3, -0.25) is 5.43 Å². The lowest BCUT2D eigenvalue weighted by Crippen LogP contribution is -2.23. The number of rotatable bonds is 5. The molecule has 5 heteroatoms. The number of hydrogen-bond donors (Lipinski definition) is 2. The normalized spacial score (nSPS) is 10.9. The molecule has 0 unspecified atom stereocenters. The molecular weight excluding hydrogens is 234 g/mol. The highest BCUT2D eigenvalue weighted by atomic mass is 32.1. The maximum absolute atomic E-state index is 5.34. The summed E-state index contributed by atoms with van der Waals surface area (Å²) in [6, 6.07) is 7.79. The van der Waals surface area contributed by atoms with E-state index in [9.17, 15) is 0 Å². The Morgan fingerprint density at radius 3 is 2.76 bits per heavy atom. The maximum Gasteiger partial charge on any atom is 0.184 e. The van der Waals surface area contributed by atoms with Gasteiger partial charge in [0.25, 0.3) is 0 Å². The van der Waals surface area contributed by atoms with Crippen LogP contribution in [-0.2, 0) is 0 Å². The Morgan fingerprint density at radius 2 is 2.18 bits per heavy atom. The number of allylic oxidation sites excluding steroid dienone is 1. The third kappa shape index (κ3) is 5.67. The van der Waals surface area contributed by atoms with Crippen LogP contribution >= 0.6 is 12.2 Å². The molecule has 1 aromatic carbocycles. The van der Waals surface area contributed by atoms with Crippen molar-refractivity contribution in [3.05, 3.63) is 35.9 Å². The van der Waals surface area contributed by atoms with E-state index in [0.717, 1.165) is 11.3 Å². The number of nitrogens with one attached hydrogen (secondary N) is 1. The minimum atomic E-state index is 0.149. The molecule has 1 rings (SSSR count). The Morgan fingerprint density at radius 1 is 1.47 bits per heavy atom. The van der Waals surface area contributed by atoms with E-state index >= 15 is 0 Å². The van der Waals surface area contributed by atoms with Crippen LogP contribution in [0.5, 0.6) is 5.75 Å². The molecule has 0 amide bonds. The van der Waals surface area contributed by atoms with Gasteiger partial charge in [-0.2, -0.15) is 5.10 Å². The number of hydrazone groups is 1. The molecule has 0 aliphatic heterocycles. The summed E-state index contributed by atoms with van der Waals surface area (Å²) in [6.07, 6.45) is 5.29. The molecule has 0 saturated carbocycles. The summed E-state index contributed by atoms with van der Waals surface area (Å²) in [6.45, 7) is 2.63. The standard InChI is InChI=1S/C12H15N3OS/c1-2-16-11-7-5-10(6-8-11)4-3-9-14-15-12(13)17/h3-9H,2H2,1H3,(H3,13,15,17)/b4-3-,14-9+. The highest BCUT2D eigenvalue weighted by Crippen LogP contribution is 2.12. The summed E-state index contributed by atoms with van der Waals surface area (Å²) in [5, 5.41) is 3.93. The fraction of sp³-hybridized carbons (Fsp3) is 0.167. The second-order valence-corrected chi connectivity index (χ2v) is 3.56. The third-order valence-corrected chi connectivity index (χ3v) is 1.91. The van der Waals surface area contributed by atoms with Gasteiger partial charge in [0.05, 0.1) is 6.61 Å². The van der Waals surface area contributed by atoms with E-state index in [1.807, 2.05) is 37.3 Å². The molecule has 0 aliphatic rings. The van der Waals surface area contributed by atoms with E-state index in [-0.39, 0.29) is 5.11 Å². The zero-order valence-corrected chi connectivity index (χ0v) is 10.4. The molecule has 0 fully saturated rings. The van der Waals surface area contributed by atoms with Crippen molar-refractivity contribution in [2.75, 3.05) is 6.61 Å². The summed E-state index contributed by atoms with van der Waals surface area (Å²) in [4.78, 5) is 0. The molecule has 0 aromatic heterocycles. The van der Waals surface area contributed by atoms with Crippen LogP contribution in [0.15, 0.2) is 35.4 Å². The van der Waals surface area contributed by atoms with Crippen LogP contribution < -0.4 is 15.9 Å². The van der Waals surface area contributed by atoms with E-state index in [0.29, 0.717) is 6.61 Å². The lowest BCUT2D eigenvalue weighted by molar-refractivity contribution is 0.340. The molecule has 90 valence electrons. The first kappa shape index (κ1) is 13.2. The van der Waals surface area contributed by atoms with E-state index in [2.05, 4.69) is 22.7 Å². The van der Waals surface area contributed by atoms with Gasteiger partial charge in [-0.15, -0.1) is 0 Å². The quantitative estimate of drug-likeness (QED) is 0.475. The van der Waals surface area contributed by atoms with Crippen LogP contribution in [0.2, 0.25) is 0 Å². The number of benzene rings is 1. The highest BCUT2D eigenvalue weighted by Gasteiger charge is 1.90. The minimum Gasteiger partial charge on any atom is -0.494 e. The van der Waals surface area contributed by atoms with Crippen LogP contribution in [0.1, 0.15) is 12.5 Å². The Labute approximate surface area is 106 Å². The van der Waals surface area contributed by atoms with Gasteiger partial charge < -0.3 is 10.5 Å². The number of ether oxygens (including phenoxy) is 1. The molecule has 0 atom stereocenters. The Balaban J connectivity index is 2.48. The van der Waals surface area contributed by atoms with Crippen molar-refractivity contribution in [3.63, 3.8) is 0 Å². The second-order valence-electron chi connectivity index (χ2n) is 3.12. The fourth-order valence-electron chi connectivity index (χ4n) is 1.14. The zero-order chi connectivity index (χ0) is 12.5. The monoisotopic (exact) mass is 249 g/mol. The highest BCUT2D eigenvalue weighted by molar-refractivity contribution is 7.80. The number of thiocarbonyl (C=S) groups is 1. The van der Waals surface area contributed by atoms with Crippen molar-refractivity contribution in [1.82, 2.24) is 5.43 Å². The SMILES string of the molecule is CCOc1ccc(/C=C\C=N\NC(N)=S)cc1. The predicted octanol–water partition coefficient (Wildman–Crippen LogP) is 1.92. The van der Waals surface area contributed by atoms with Crippen LogP contribution in [0.3, 0.4) is 0 Å². The van der Waals surface area contributed by atoms with Crippen molar-refractivity contribution in [2.24, 2.45) is 10.8 Å². The maximum atomic E-state index is 5.34. The summed E-state index contributed by atoms with van der Waals surface area (Å²) in [5.41, 5.74) is 8.73. The third-order valence-electron chi connectivity index (χ3n) is 1.82. The van der Waals surface area contributed by atoms with Crippen molar-refractivity contribution in [2.45, 2.75) is 6.92 Å². The number of nitrogens with two attached hydrogens (primary N) is 1. The van der Waals surface area contributed by atoms with Gasteiger partial charge in [-0.05, 0) is 42.9 Å². The van der Waals surface area contributed by atoms with Gasteiger partial charge >= 0.3 is 0 Å². The van der Waals surface area contributed by atoms with Crippen molar-refractivity contribution >= 4 is 29.6 Å². The molecule has 0 bridgehead atoms. The molecule has 0 heterocycles. The fourth-order valence-corrected chi connectivity index (χ4v) is 1.19. The van der Waals surface area contributed by atoms with Gasteiger partial charge in [-0.1, -0.05) is 18.2 Å². The summed E-state index contributed by atoms with van der Waals surface area (Å²) in [7, 11) is 0. The summed E-state index contributed by atoms with van der Waals surface area (Å²) < 4.78 is 5.34. The van der Waals surface area contributed by atoms with Gasteiger partial charge in [-0.25, -0.2) is 0 Å². The smallest absolute Gasteiger partial charge is 0.184 e. The second kappa shape index (κ2) is 7.40. The Bertz CT molecular complexity index is 412. The average Bonchev–Trinajstić information content (AvgIpc) is 2.31. The molecule has 4 nitrogen and oxygen atoms in total. The largest absolute Gasteiger partial charge is 0.494 e. The average molecular weight is 249 g/mol. The molecule has 0 aliphatic carbocycles. The van der Waals surface area contributed by atoms with Crippen molar-refractivity contribution < 1.29 is 4.74 Å².